The van der Waals surface area contributed by atoms with E-state index in [4.69, 9.17) is 11.5 Å². The van der Waals surface area contributed by atoms with Crippen LogP contribution in [0.15, 0.2) is 52.2 Å². The summed E-state index contributed by atoms with van der Waals surface area (Å²) in [6.45, 7) is 0.411. The van der Waals surface area contributed by atoms with Gasteiger partial charge in [0.2, 0.25) is 41.4 Å². The van der Waals surface area contributed by atoms with E-state index in [9.17, 15) is 46.8 Å². The van der Waals surface area contributed by atoms with Gasteiger partial charge in [-0.15, -0.1) is 0 Å². The summed E-state index contributed by atoms with van der Waals surface area (Å²) in [7, 11) is -1.72. The number of fused-ring (bicyclic) bond motifs is 2. The van der Waals surface area contributed by atoms with E-state index < -0.39 is 63.5 Å². The average molecular weight is 918 g/mol. The molecule has 0 radical (unpaired) electrons. The predicted molar refractivity (Wildman–Crippen MR) is 237 cm³/mol. The molecule has 4 heterocycles. The smallest absolute Gasteiger partial charge is 0.329 e. The van der Waals surface area contributed by atoms with Crippen molar-refractivity contribution in [3.05, 3.63) is 64.1 Å². The molecule has 3 saturated heterocycles. The summed E-state index contributed by atoms with van der Waals surface area (Å²) in [4.78, 5) is 107. The molecule has 4 aliphatic rings. The fraction of sp³-hybridized carbons (Fsp3) is 0.556. The number of benzene rings is 2. The molecule has 5 atom stereocenters. The molecule has 7 amide bonds. The van der Waals surface area contributed by atoms with Gasteiger partial charge in [0.25, 0.3) is 0 Å². The molecule has 3 aromatic rings. The van der Waals surface area contributed by atoms with Crippen molar-refractivity contribution in [2.75, 3.05) is 19.3 Å². The topological polar surface area (TPSA) is 275 Å². The van der Waals surface area contributed by atoms with E-state index in [1.165, 1.54) is 21.6 Å². The first kappa shape index (κ1) is 47.1. The number of rotatable bonds is 14. The van der Waals surface area contributed by atoms with E-state index in [0.29, 0.717) is 49.2 Å². The van der Waals surface area contributed by atoms with Crippen molar-refractivity contribution in [2.24, 2.45) is 30.4 Å². The van der Waals surface area contributed by atoms with Crippen LogP contribution >= 0.6 is 0 Å². The van der Waals surface area contributed by atoms with Crippen LogP contribution in [0.5, 0.6) is 0 Å². The monoisotopic (exact) mass is 917 g/mol. The fourth-order valence-corrected chi connectivity index (χ4v) is 10.6. The van der Waals surface area contributed by atoms with E-state index in [-0.39, 0.29) is 73.1 Å². The number of carbonyl (C=O) groups is 7. The number of primary amides is 1. The fourth-order valence-electron chi connectivity index (χ4n) is 9.99. The number of imide groups is 1. The van der Waals surface area contributed by atoms with E-state index >= 15 is 0 Å². The van der Waals surface area contributed by atoms with Crippen molar-refractivity contribution in [1.82, 2.24) is 34.9 Å². The van der Waals surface area contributed by atoms with Crippen LogP contribution in [0.3, 0.4) is 0 Å². The number of nitrogens with zero attached hydrogens (tertiary/aromatic N) is 4. The average Bonchev–Trinajstić information content (AvgIpc) is 3.79. The third-order valence-corrected chi connectivity index (χ3v) is 14.8. The van der Waals surface area contributed by atoms with E-state index in [1.807, 2.05) is 18.2 Å². The van der Waals surface area contributed by atoms with Gasteiger partial charge in [-0.3, -0.25) is 48.0 Å². The zero-order chi connectivity index (χ0) is 46.7. The number of nitrogens with two attached hydrogens (primary N) is 2. The lowest BCUT2D eigenvalue weighted by Crippen LogP contribution is -2.60. The van der Waals surface area contributed by atoms with Crippen molar-refractivity contribution in [2.45, 2.75) is 125 Å². The Labute approximate surface area is 376 Å². The van der Waals surface area contributed by atoms with Crippen LogP contribution in [-0.4, -0.2) is 112 Å². The maximum atomic E-state index is 13.9. The second kappa shape index (κ2) is 19.7. The van der Waals surface area contributed by atoms with Gasteiger partial charge in [-0.05, 0) is 111 Å². The molecule has 7 rings (SSSR count). The molecule has 0 spiro atoms. The van der Waals surface area contributed by atoms with E-state index in [0.717, 1.165) is 49.4 Å². The Morgan fingerprint density at radius 2 is 1.57 bits per heavy atom. The molecule has 0 bridgehead atoms. The van der Waals surface area contributed by atoms with Crippen LogP contribution < -0.4 is 33.1 Å². The molecule has 3 aliphatic heterocycles. The van der Waals surface area contributed by atoms with Gasteiger partial charge < -0.3 is 31.9 Å². The molecule has 2 aromatic carbocycles. The second-order valence-electron chi connectivity index (χ2n) is 18.2. The maximum absolute atomic E-state index is 13.9. The van der Waals surface area contributed by atoms with Crippen LogP contribution in [0.4, 0.5) is 0 Å². The van der Waals surface area contributed by atoms with Gasteiger partial charge in [0, 0.05) is 58.2 Å². The minimum atomic E-state index is -3.40. The lowest BCUT2D eigenvalue weighted by Gasteiger charge is -2.38. The van der Waals surface area contributed by atoms with Crippen LogP contribution in [-0.2, 0) is 63.4 Å². The van der Waals surface area contributed by atoms with Crippen molar-refractivity contribution in [1.29, 1.82) is 0 Å². The number of aromatic nitrogens is 2. The molecule has 19 nitrogen and oxygen atoms in total. The van der Waals surface area contributed by atoms with Crippen LogP contribution in [0, 0.1) is 11.8 Å². The lowest BCUT2D eigenvalue weighted by atomic mass is 9.78. The summed E-state index contributed by atoms with van der Waals surface area (Å²) in [5.74, 6) is -2.54. The molecule has 65 heavy (non-hydrogen) atoms. The number of piperidine rings is 1. The Balaban J connectivity index is 0.901. The number of imidazole rings is 1. The third kappa shape index (κ3) is 10.8. The van der Waals surface area contributed by atoms with Crippen molar-refractivity contribution < 1.29 is 42.0 Å². The third-order valence-electron chi connectivity index (χ3n) is 13.6. The molecule has 1 saturated carbocycles. The minimum absolute atomic E-state index is 0.00955. The van der Waals surface area contributed by atoms with Gasteiger partial charge in [-0.25, -0.2) is 13.2 Å². The Morgan fingerprint density at radius 3 is 2.25 bits per heavy atom. The number of aryl methyl sites for hydroxylation is 1. The maximum Gasteiger partial charge on any atom is 0.329 e. The van der Waals surface area contributed by atoms with Crippen molar-refractivity contribution >= 4 is 62.2 Å². The van der Waals surface area contributed by atoms with Gasteiger partial charge in [-0.2, -0.15) is 0 Å². The second-order valence-corrected chi connectivity index (χ2v) is 20.2. The number of amides is 7. The van der Waals surface area contributed by atoms with E-state index in [2.05, 4.69) is 16.0 Å². The highest BCUT2D eigenvalue weighted by atomic mass is 32.2. The minimum Gasteiger partial charge on any atom is -0.370 e. The summed E-state index contributed by atoms with van der Waals surface area (Å²) in [6.07, 6.45) is 7.30. The first-order chi connectivity index (χ1) is 30.9. The molecule has 4 fully saturated rings. The van der Waals surface area contributed by atoms with Crippen LogP contribution in [0.2, 0.25) is 0 Å². The van der Waals surface area contributed by atoms with Crippen molar-refractivity contribution in [3.8, 4) is 0 Å². The highest BCUT2D eigenvalue weighted by molar-refractivity contribution is 7.90. The van der Waals surface area contributed by atoms with Gasteiger partial charge in [0.15, 0.2) is 9.84 Å². The molecule has 1 aliphatic carbocycles. The SMILES string of the molecule is Cn1c(=O)n(C2CCC(=O)NC2=O)c2ccc(C[C@H]3CC[C@H](CC(=O)N4CC[C@H]5CC[C@@H](C(=O)N[C@@H](CCC(N)=O)C(=O)NCc6ccc(S(C)(=O)=O)cc6)N5C(=O)[C@@H](N)C4)CC3)cc21. The zero-order valence-corrected chi connectivity index (χ0v) is 37.6. The molecule has 350 valence electrons. The first-order valence-corrected chi connectivity index (χ1v) is 24.3. The van der Waals surface area contributed by atoms with Gasteiger partial charge in [-0.1, -0.05) is 18.2 Å². The van der Waals surface area contributed by atoms with Crippen LogP contribution in [0.25, 0.3) is 11.0 Å². The largest absolute Gasteiger partial charge is 0.370 e. The highest BCUT2D eigenvalue weighted by Gasteiger charge is 2.45. The molecule has 20 heteroatoms. The van der Waals surface area contributed by atoms with Gasteiger partial charge in [0.05, 0.1) is 15.9 Å². The van der Waals surface area contributed by atoms with Crippen molar-refractivity contribution in [3.63, 3.8) is 0 Å². The number of hydrogen-bond donors (Lipinski definition) is 5. The van der Waals surface area contributed by atoms with Crippen LogP contribution in [0.1, 0.15) is 94.2 Å². The van der Waals surface area contributed by atoms with Gasteiger partial charge >= 0.3 is 5.69 Å². The Hall–Kier alpha value is -5.89. The Bertz CT molecular complexity index is 2530. The summed E-state index contributed by atoms with van der Waals surface area (Å²) in [5.41, 5.74) is 14.6. The number of nitrogens with one attached hydrogen (secondary N) is 3. The summed E-state index contributed by atoms with van der Waals surface area (Å²) in [6, 6.07) is 7.66. The first-order valence-electron chi connectivity index (χ1n) is 22.4. The number of carbonyl (C=O) groups excluding carboxylic acids is 7. The predicted octanol–water partition coefficient (Wildman–Crippen LogP) is 0.446. The lowest BCUT2D eigenvalue weighted by molar-refractivity contribution is -0.145. The molecule has 1 unspecified atom stereocenters. The number of hydrogen-bond acceptors (Lipinski definition) is 11. The molecule has 1 aromatic heterocycles. The molecule has 7 N–H and O–H groups in total. The number of sulfone groups is 1. The molecular weight excluding hydrogens is 859 g/mol. The molecular formula is C45H59N9O10S. The standard InChI is InChI=1S/C45H59N9O10S/c1-51-37-22-29(9-14-34(37)54(45(51)62)36-16-18-39(56)50-43(36)60)21-26-3-5-27(6-4-26)23-40(57)52-20-19-30-10-15-35(53(30)44(61)32(46)25-52)42(59)49-33(13-17-38(47)55)41(58)48-24-28-7-11-31(12-8-28)65(2,63)64/h7-9,11-12,14,22,26-27,30,32-33,35-36H,3-6,10,13,15-21,23-25,46H2,1-2H3,(H2,47,55)(H,48,58)(H,49,59)(H,50,56,60)/t26-,27-,30-,32+,33+,35+,36?/m1/s1. The summed E-state index contributed by atoms with van der Waals surface area (Å²) >= 11 is 0. The summed E-state index contributed by atoms with van der Waals surface area (Å²) < 4.78 is 26.7. The normalized spacial score (nSPS) is 24.4. The highest BCUT2D eigenvalue weighted by Crippen LogP contribution is 2.35. The zero-order valence-electron chi connectivity index (χ0n) is 36.8. The van der Waals surface area contributed by atoms with Gasteiger partial charge in [0.1, 0.15) is 24.2 Å². The Morgan fingerprint density at radius 1 is 0.877 bits per heavy atom. The van der Waals surface area contributed by atoms with E-state index in [1.54, 1.807) is 28.6 Å². The quantitative estimate of drug-likeness (QED) is 0.139. The Kier molecular flexibility index (Phi) is 14.3. The summed E-state index contributed by atoms with van der Waals surface area (Å²) in [5, 5.41) is 7.79.